The molecule has 1 aromatic heterocycles. The quantitative estimate of drug-likeness (QED) is 0.935. The summed E-state index contributed by atoms with van der Waals surface area (Å²) in [5.41, 5.74) is 0.950. The first-order valence-corrected chi connectivity index (χ1v) is 5.98. The van der Waals surface area contributed by atoms with Crippen LogP contribution in [0.1, 0.15) is 16.1 Å². The molecular weight excluding hydrogens is 321 g/mol. The number of carboxylic acids is 1. The number of carbonyl (C=O) groups is 1. The molecule has 1 N–H and O–H groups in total. The number of aromatic nitrogens is 1. The highest BCUT2D eigenvalue weighted by atomic mass is 79.9. The number of rotatable bonds is 3. The molecule has 0 atom stereocenters. The molecule has 7 heteroatoms. The fourth-order valence-corrected chi connectivity index (χ4v) is 2.06. The molecule has 0 unspecified atom stereocenters. The smallest absolute Gasteiger partial charge is 0.374 e. The van der Waals surface area contributed by atoms with Crippen molar-refractivity contribution in [2.45, 2.75) is 6.92 Å². The summed E-state index contributed by atoms with van der Waals surface area (Å²) in [7, 11) is 1.35. The van der Waals surface area contributed by atoms with E-state index in [2.05, 4.69) is 25.6 Å². The molecule has 1 aromatic carbocycles. The van der Waals surface area contributed by atoms with E-state index in [1.807, 2.05) is 0 Å². The average Bonchev–Trinajstić information content (AvgIpc) is 2.84. The number of carboxylic acid groups (broad SMARTS) is 1. The van der Waals surface area contributed by atoms with Crippen molar-refractivity contribution in [3.05, 3.63) is 33.7 Å². The fourth-order valence-electron chi connectivity index (χ4n) is 1.61. The van der Waals surface area contributed by atoms with E-state index in [0.717, 1.165) is 11.6 Å². The minimum Gasteiger partial charge on any atom is -0.492 e. The Balaban J connectivity index is 2.61. The zero-order valence-corrected chi connectivity index (χ0v) is 11.6. The lowest BCUT2D eigenvalue weighted by molar-refractivity contribution is 0.0652. The van der Waals surface area contributed by atoms with Crippen molar-refractivity contribution in [3.63, 3.8) is 0 Å². The first-order valence-electron chi connectivity index (χ1n) is 5.18. The second-order valence-electron chi connectivity index (χ2n) is 3.78. The number of ether oxygens (including phenoxy) is 1. The maximum atomic E-state index is 14.2. The Hall–Kier alpha value is -1.89. The fraction of sp³-hybridized carbons (Fsp3) is 0.167. The molecule has 0 aliphatic carbocycles. The van der Waals surface area contributed by atoms with Crippen molar-refractivity contribution in [3.8, 4) is 17.0 Å². The summed E-state index contributed by atoms with van der Waals surface area (Å²) in [6.07, 6.45) is 0. The Kier molecular flexibility index (Phi) is 3.57. The summed E-state index contributed by atoms with van der Waals surface area (Å²) in [4.78, 5) is 10.7. The molecule has 1 heterocycles. The van der Waals surface area contributed by atoms with Crippen molar-refractivity contribution in [2.75, 3.05) is 7.11 Å². The van der Waals surface area contributed by atoms with Gasteiger partial charge in [-0.15, -0.1) is 0 Å². The third-order valence-electron chi connectivity index (χ3n) is 2.54. The highest BCUT2D eigenvalue weighted by Gasteiger charge is 2.20. The van der Waals surface area contributed by atoms with Gasteiger partial charge in [-0.25, -0.2) is 9.18 Å². The van der Waals surface area contributed by atoms with Crippen LogP contribution in [0.25, 0.3) is 11.3 Å². The number of aromatic carboxylic acids is 1. The summed E-state index contributed by atoms with van der Waals surface area (Å²) < 4.78 is 24.3. The third-order valence-corrected chi connectivity index (χ3v) is 3.53. The first kappa shape index (κ1) is 13.5. The summed E-state index contributed by atoms with van der Waals surface area (Å²) in [6, 6.07) is 2.69. The molecule has 0 aliphatic heterocycles. The van der Waals surface area contributed by atoms with E-state index in [0.29, 0.717) is 4.47 Å². The predicted molar refractivity (Wildman–Crippen MR) is 67.8 cm³/mol. The SMILES string of the molecule is COc1c(F)c(-c2cc(C(=O)O)on2)cc(C)c1Br. The van der Waals surface area contributed by atoms with Gasteiger partial charge in [-0.1, -0.05) is 5.16 Å². The van der Waals surface area contributed by atoms with E-state index in [4.69, 9.17) is 9.84 Å². The van der Waals surface area contributed by atoms with E-state index in [9.17, 15) is 9.18 Å². The lowest BCUT2D eigenvalue weighted by Gasteiger charge is -2.10. The Morgan fingerprint density at radius 3 is 2.74 bits per heavy atom. The van der Waals surface area contributed by atoms with Gasteiger partial charge in [0.1, 0.15) is 5.69 Å². The van der Waals surface area contributed by atoms with Crippen LogP contribution in [-0.4, -0.2) is 23.3 Å². The molecule has 19 heavy (non-hydrogen) atoms. The molecular formula is C12H9BrFNO4. The molecule has 0 saturated heterocycles. The van der Waals surface area contributed by atoms with Gasteiger partial charge in [0.25, 0.3) is 0 Å². The van der Waals surface area contributed by atoms with Gasteiger partial charge in [0.2, 0.25) is 5.76 Å². The molecule has 0 spiro atoms. The summed E-state index contributed by atoms with van der Waals surface area (Å²) in [5, 5.41) is 12.3. The molecule has 5 nitrogen and oxygen atoms in total. The van der Waals surface area contributed by atoms with Crippen LogP contribution in [0.4, 0.5) is 4.39 Å². The zero-order chi connectivity index (χ0) is 14.2. The molecule has 100 valence electrons. The van der Waals surface area contributed by atoms with Gasteiger partial charge in [-0.05, 0) is 34.5 Å². The van der Waals surface area contributed by atoms with E-state index < -0.39 is 11.8 Å². The van der Waals surface area contributed by atoms with Crippen molar-refractivity contribution < 1.29 is 23.6 Å². The van der Waals surface area contributed by atoms with Crippen molar-refractivity contribution >= 4 is 21.9 Å². The standard InChI is InChI=1S/C12H9BrFNO4/c1-5-3-6(10(14)11(18-2)9(5)13)7-4-8(12(16)17)19-15-7/h3-4H,1-2H3,(H,16,17). The van der Waals surface area contributed by atoms with E-state index in [1.165, 1.54) is 13.2 Å². The maximum absolute atomic E-state index is 14.2. The third kappa shape index (κ3) is 2.33. The van der Waals surface area contributed by atoms with Gasteiger partial charge in [0.15, 0.2) is 11.6 Å². The van der Waals surface area contributed by atoms with Crippen LogP contribution in [0.3, 0.4) is 0 Å². The number of nitrogens with zero attached hydrogens (tertiary/aromatic N) is 1. The normalized spacial score (nSPS) is 10.5. The molecule has 0 saturated carbocycles. The van der Waals surface area contributed by atoms with Crippen molar-refractivity contribution in [2.24, 2.45) is 0 Å². The molecule has 0 bridgehead atoms. The molecule has 2 rings (SSSR count). The largest absolute Gasteiger partial charge is 0.492 e. The second kappa shape index (κ2) is 5.00. The topological polar surface area (TPSA) is 72.6 Å². The molecule has 2 aromatic rings. The minimum atomic E-state index is -1.26. The van der Waals surface area contributed by atoms with Crippen LogP contribution in [0, 0.1) is 12.7 Å². The Bertz CT molecular complexity index is 653. The van der Waals surface area contributed by atoms with Gasteiger partial charge in [0, 0.05) is 11.6 Å². The number of methoxy groups -OCH3 is 1. The molecule has 0 amide bonds. The number of halogens is 2. The number of hydrogen-bond donors (Lipinski definition) is 1. The summed E-state index contributed by atoms with van der Waals surface area (Å²) in [6.45, 7) is 1.76. The Labute approximate surface area is 116 Å². The molecule has 0 aliphatic rings. The lowest BCUT2D eigenvalue weighted by Crippen LogP contribution is -1.96. The van der Waals surface area contributed by atoms with Crippen LogP contribution < -0.4 is 4.74 Å². The van der Waals surface area contributed by atoms with Gasteiger partial charge < -0.3 is 14.4 Å². The summed E-state index contributed by atoms with van der Waals surface area (Å²) >= 11 is 3.22. The molecule has 0 radical (unpaired) electrons. The minimum absolute atomic E-state index is 0.0369. The van der Waals surface area contributed by atoms with Crippen LogP contribution in [0.2, 0.25) is 0 Å². The van der Waals surface area contributed by atoms with E-state index in [1.54, 1.807) is 6.92 Å². The van der Waals surface area contributed by atoms with E-state index in [-0.39, 0.29) is 22.8 Å². The average molecular weight is 330 g/mol. The Morgan fingerprint density at radius 1 is 1.53 bits per heavy atom. The van der Waals surface area contributed by atoms with Gasteiger partial charge in [-0.3, -0.25) is 0 Å². The monoisotopic (exact) mass is 329 g/mol. The second-order valence-corrected chi connectivity index (χ2v) is 4.58. The highest BCUT2D eigenvalue weighted by Crippen LogP contribution is 2.37. The van der Waals surface area contributed by atoms with Crippen LogP contribution in [0.15, 0.2) is 21.1 Å². The maximum Gasteiger partial charge on any atom is 0.374 e. The van der Waals surface area contributed by atoms with E-state index >= 15 is 0 Å². The number of hydrogen-bond acceptors (Lipinski definition) is 4. The van der Waals surface area contributed by atoms with Gasteiger partial charge in [-0.2, -0.15) is 0 Å². The van der Waals surface area contributed by atoms with Crippen LogP contribution in [0.5, 0.6) is 5.75 Å². The van der Waals surface area contributed by atoms with Gasteiger partial charge >= 0.3 is 5.97 Å². The van der Waals surface area contributed by atoms with Crippen molar-refractivity contribution in [1.29, 1.82) is 0 Å². The zero-order valence-electron chi connectivity index (χ0n) is 10.0. The van der Waals surface area contributed by atoms with Crippen LogP contribution >= 0.6 is 15.9 Å². The highest BCUT2D eigenvalue weighted by molar-refractivity contribution is 9.10. The predicted octanol–water partition coefficient (Wildman–Crippen LogP) is 3.26. The lowest BCUT2D eigenvalue weighted by atomic mass is 10.1. The number of benzene rings is 1. The van der Waals surface area contributed by atoms with Gasteiger partial charge in [0.05, 0.1) is 11.6 Å². The number of aryl methyl sites for hydroxylation is 1. The van der Waals surface area contributed by atoms with Crippen molar-refractivity contribution in [1.82, 2.24) is 5.16 Å². The summed E-state index contributed by atoms with van der Waals surface area (Å²) in [5.74, 6) is -2.21. The van der Waals surface area contributed by atoms with Crippen LogP contribution in [-0.2, 0) is 0 Å². The Morgan fingerprint density at radius 2 is 2.21 bits per heavy atom. The molecule has 0 fully saturated rings. The first-order chi connectivity index (χ1) is 8.95.